The lowest BCUT2D eigenvalue weighted by atomic mass is 10.3. The van der Waals surface area contributed by atoms with E-state index in [0.29, 0.717) is 0 Å². The van der Waals surface area contributed by atoms with Gasteiger partial charge in [0.2, 0.25) is 0 Å². The zero-order chi connectivity index (χ0) is 11.5. The van der Waals surface area contributed by atoms with Gasteiger partial charge in [-0.3, -0.25) is 4.98 Å². The van der Waals surface area contributed by atoms with Crippen LogP contribution in [-0.4, -0.2) is 38.5 Å². The van der Waals surface area contributed by atoms with E-state index in [2.05, 4.69) is 10.3 Å². The highest BCUT2D eigenvalue weighted by Crippen LogP contribution is 1.94. The predicted molar refractivity (Wildman–Crippen MR) is 63.3 cm³/mol. The summed E-state index contributed by atoms with van der Waals surface area (Å²) in [7, 11) is 1.70. The molecule has 1 aromatic heterocycles. The second-order valence-electron chi connectivity index (χ2n) is 3.49. The summed E-state index contributed by atoms with van der Waals surface area (Å²) in [5.41, 5.74) is 1.24. The Labute approximate surface area is 97.0 Å². The quantitative estimate of drug-likeness (QED) is 0.641. The minimum Gasteiger partial charge on any atom is -0.385 e. The zero-order valence-corrected chi connectivity index (χ0v) is 9.82. The van der Waals surface area contributed by atoms with Crippen LogP contribution in [0, 0.1) is 0 Å². The van der Waals surface area contributed by atoms with Crippen molar-refractivity contribution in [2.24, 2.45) is 0 Å². The number of hydrogen-bond acceptors (Lipinski definition) is 4. The molecule has 0 saturated carbocycles. The number of aromatic nitrogens is 1. The molecule has 0 saturated heterocycles. The molecule has 1 rings (SSSR count). The van der Waals surface area contributed by atoms with E-state index < -0.39 is 0 Å². The second kappa shape index (κ2) is 9.27. The van der Waals surface area contributed by atoms with Gasteiger partial charge in [0, 0.05) is 45.8 Å². The van der Waals surface area contributed by atoms with Crippen LogP contribution in [0.5, 0.6) is 0 Å². The zero-order valence-electron chi connectivity index (χ0n) is 9.82. The fourth-order valence-electron chi connectivity index (χ4n) is 1.29. The van der Waals surface area contributed by atoms with Crippen LogP contribution in [-0.2, 0) is 16.0 Å². The van der Waals surface area contributed by atoms with E-state index >= 15 is 0 Å². The van der Waals surface area contributed by atoms with E-state index in [9.17, 15) is 0 Å². The number of nitrogens with zero attached hydrogens (tertiary/aromatic N) is 1. The second-order valence-corrected chi connectivity index (χ2v) is 3.49. The first-order valence-corrected chi connectivity index (χ1v) is 5.60. The molecule has 4 nitrogen and oxygen atoms in total. The molecule has 0 radical (unpaired) electrons. The van der Waals surface area contributed by atoms with Crippen molar-refractivity contribution in [3.05, 3.63) is 30.1 Å². The number of ether oxygens (including phenoxy) is 2. The molecule has 0 aliphatic heterocycles. The van der Waals surface area contributed by atoms with Gasteiger partial charge in [-0.2, -0.15) is 0 Å². The third kappa shape index (κ3) is 6.50. The van der Waals surface area contributed by atoms with Crippen molar-refractivity contribution in [1.29, 1.82) is 0 Å². The minimum absolute atomic E-state index is 0.745. The van der Waals surface area contributed by atoms with Crippen LogP contribution in [0.1, 0.15) is 12.0 Å². The molecule has 0 amide bonds. The van der Waals surface area contributed by atoms with E-state index in [-0.39, 0.29) is 0 Å². The number of nitrogens with one attached hydrogen (secondary N) is 1. The molecule has 0 aliphatic carbocycles. The van der Waals surface area contributed by atoms with E-state index in [4.69, 9.17) is 9.47 Å². The Morgan fingerprint density at radius 1 is 1.19 bits per heavy atom. The molecule has 0 spiro atoms. The van der Waals surface area contributed by atoms with Gasteiger partial charge in [-0.15, -0.1) is 0 Å². The summed E-state index contributed by atoms with van der Waals surface area (Å²) < 4.78 is 10.3. The first-order valence-electron chi connectivity index (χ1n) is 5.60. The number of hydrogen-bond donors (Lipinski definition) is 1. The van der Waals surface area contributed by atoms with Crippen LogP contribution in [0.4, 0.5) is 0 Å². The summed E-state index contributed by atoms with van der Waals surface area (Å²) in [4.78, 5) is 3.97. The molecule has 0 aliphatic rings. The summed E-state index contributed by atoms with van der Waals surface area (Å²) in [6, 6.07) is 4.01. The summed E-state index contributed by atoms with van der Waals surface area (Å²) in [5, 5.41) is 3.31. The Hall–Kier alpha value is -0.970. The molecule has 16 heavy (non-hydrogen) atoms. The molecular formula is C12H20N2O2. The minimum atomic E-state index is 0.745. The average molecular weight is 224 g/mol. The lowest BCUT2D eigenvalue weighted by Crippen LogP contribution is -2.19. The number of pyridine rings is 1. The Bertz CT molecular complexity index is 254. The highest BCUT2D eigenvalue weighted by atomic mass is 16.5. The maximum atomic E-state index is 5.42. The van der Waals surface area contributed by atoms with Crippen molar-refractivity contribution < 1.29 is 9.47 Å². The lowest BCUT2D eigenvalue weighted by Gasteiger charge is -2.05. The predicted octanol–water partition coefficient (Wildman–Crippen LogP) is 1.22. The van der Waals surface area contributed by atoms with Crippen LogP contribution >= 0.6 is 0 Å². The topological polar surface area (TPSA) is 43.4 Å². The highest BCUT2D eigenvalue weighted by molar-refractivity contribution is 5.08. The molecule has 90 valence electrons. The van der Waals surface area contributed by atoms with Gasteiger partial charge in [-0.1, -0.05) is 0 Å². The SMILES string of the molecule is COCCCOCCNCc1ccncc1. The van der Waals surface area contributed by atoms with Crippen molar-refractivity contribution in [2.75, 3.05) is 33.5 Å². The van der Waals surface area contributed by atoms with Crippen LogP contribution in [0.2, 0.25) is 0 Å². The van der Waals surface area contributed by atoms with Crippen LogP contribution in [0.3, 0.4) is 0 Å². The Morgan fingerprint density at radius 3 is 2.75 bits per heavy atom. The van der Waals surface area contributed by atoms with Gasteiger partial charge < -0.3 is 14.8 Å². The van der Waals surface area contributed by atoms with Crippen molar-refractivity contribution in [3.8, 4) is 0 Å². The molecule has 1 aromatic rings. The third-order valence-electron chi connectivity index (χ3n) is 2.14. The molecule has 0 fully saturated rings. The first-order chi connectivity index (χ1) is 7.93. The molecule has 0 aromatic carbocycles. The van der Waals surface area contributed by atoms with Gasteiger partial charge in [0.05, 0.1) is 6.61 Å². The van der Waals surface area contributed by atoms with Crippen LogP contribution in [0.15, 0.2) is 24.5 Å². The fraction of sp³-hybridized carbons (Fsp3) is 0.583. The maximum Gasteiger partial charge on any atom is 0.0591 e. The maximum absolute atomic E-state index is 5.42. The number of methoxy groups -OCH3 is 1. The monoisotopic (exact) mass is 224 g/mol. The van der Waals surface area contributed by atoms with E-state index in [1.54, 1.807) is 19.5 Å². The van der Waals surface area contributed by atoms with Gasteiger partial charge in [0.15, 0.2) is 0 Å². The van der Waals surface area contributed by atoms with Crippen LogP contribution < -0.4 is 5.32 Å². The standard InChI is InChI=1S/C12H20N2O2/c1-15-8-2-9-16-10-7-14-11-12-3-5-13-6-4-12/h3-6,14H,2,7-11H2,1H3. The first kappa shape index (κ1) is 13.1. The Balaban J connectivity index is 1.89. The highest BCUT2D eigenvalue weighted by Gasteiger charge is 1.91. The molecule has 1 heterocycles. The van der Waals surface area contributed by atoms with Crippen molar-refractivity contribution in [1.82, 2.24) is 10.3 Å². The molecular weight excluding hydrogens is 204 g/mol. The van der Waals surface area contributed by atoms with E-state index in [1.165, 1.54) is 5.56 Å². The molecule has 0 bridgehead atoms. The summed E-state index contributed by atoms with van der Waals surface area (Å²) >= 11 is 0. The molecule has 0 unspecified atom stereocenters. The largest absolute Gasteiger partial charge is 0.385 e. The molecule has 1 N–H and O–H groups in total. The van der Waals surface area contributed by atoms with Crippen molar-refractivity contribution in [2.45, 2.75) is 13.0 Å². The fourth-order valence-corrected chi connectivity index (χ4v) is 1.29. The van der Waals surface area contributed by atoms with Gasteiger partial charge >= 0.3 is 0 Å². The smallest absolute Gasteiger partial charge is 0.0591 e. The molecule has 0 atom stereocenters. The summed E-state index contributed by atoms with van der Waals surface area (Å²) in [6.07, 6.45) is 4.57. The lowest BCUT2D eigenvalue weighted by molar-refractivity contribution is 0.104. The van der Waals surface area contributed by atoms with E-state index in [1.807, 2.05) is 12.1 Å². The summed E-state index contributed by atoms with van der Waals surface area (Å²) in [6.45, 7) is 4.02. The van der Waals surface area contributed by atoms with E-state index in [0.717, 1.165) is 39.3 Å². The van der Waals surface area contributed by atoms with Crippen molar-refractivity contribution >= 4 is 0 Å². The van der Waals surface area contributed by atoms with Gasteiger partial charge in [0.25, 0.3) is 0 Å². The van der Waals surface area contributed by atoms with Crippen molar-refractivity contribution in [3.63, 3.8) is 0 Å². The van der Waals surface area contributed by atoms with Gasteiger partial charge in [-0.25, -0.2) is 0 Å². The van der Waals surface area contributed by atoms with Crippen LogP contribution in [0.25, 0.3) is 0 Å². The van der Waals surface area contributed by atoms with Gasteiger partial charge in [-0.05, 0) is 24.1 Å². The Kier molecular flexibility index (Phi) is 7.59. The average Bonchev–Trinajstić information content (AvgIpc) is 2.34. The number of rotatable bonds is 9. The van der Waals surface area contributed by atoms with Gasteiger partial charge in [0.1, 0.15) is 0 Å². The normalized spacial score (nSPS) is 10.6. The summed E-state index contributed by atoms with van der Waals surface area (Å²) in [5.74, 6) is 0. The third-order valence-corrected chi connectivity index (χ3v) is 2.14. The molecule has 4 heteroatoms. The Morgan fingerprint density at radius 2 is 2.00 bits per heavy atom.